The molecule has 0 aliphatic rings. The summed E-state index contributed by atoms with van der Waals surface area (Å²) in [7, 11) is 0. The fourth-order valence-corrected chi connectivity index (χ4v) is 2.74. The first kappa shape index (κ1) is 15.7. The van der Waals surface area contributed by atoms with Crippen LogP contribution in [0.3, 0.4) is 0 Å². The molecule has 0 atom stereocenters. The van der Waals surface area contributed by atoms with E-state index in [1.54, 1.807) is 18.3 Å². The molecule has 1 aromatic carbocycles. The van der Waals surface area contributed by atoms with Gasteiger partial charge in [0.05, 0.1) is 0 Å². The predicted molar refractivity (Wildman–Crippen MR) is 85.2 cm³/mol. The van der Waals surface area contributed by atoms with E-state index in [4.69, 9.17) is 0 Å². The maximum Gasteiger partial charge on any atom is 0.165 e. The second kappa shape index (κ2) is 7.96. The van der Waals surface area contributed by atoms with Crippen LogP contribution in [0, 0.1) is 5.82 Å². The number of halogens is 1. The zero-order valence-electron chi connectivity index (χ0n) is 12.8. The molecule has 3 heteroatoms. The van der Waals surface area contributed by atoms with Gasteiger partial charge >= 0.3 is 0 Å². The number of nitrogens with one attached hydrogen (secondary N) is 1. The van der Waals surface area contributed by atoms with Crippen LogP contribution in [-0.4, -0.2) is 10.8 Å². The number of aromatic amines is 1. The first-order valence-electron chi connectivity index (χ1n) is 8.03. The van der Waals surface area contributed by atoms with Crippen molar-refractivity contribution in [2.24, 2.45) is 0 Å². The third-order valence-electron chi connectivity index (χ3n) is 3.96. The highest BCUT2D eigenvalue weighted by atomic mass is 19.1. The number of ketones is 1. The molecule has 0 aliphatic heterocycles. The summed E-state index contributed by atoms with van der Waals surface area (Å²) < 4.78 is 13.8. The summed E-state index contributed by atoms with van der Waals surface area (Å²) >= 11 is 0. The van der Waals surface area contributed by atoms with Crippen LogP contribution < -0.4 is 0 Å². The van der Waals surface area contributed by atoms with Gasteiger partial charge in [-0.3, -0.25) is 4.79 Å². The minimum atomic E-state index is -0.323. The lowest BCUT2D eigenvalue weighted by Gasteiger charge is -2.02. The molecule has 0 saturated carbocycles. The largest absolute Gasteiger partial charge is 0.360 e. The highest BCUT2D eigenvalue weighted by molar-refractivity contribution is 6.08. The highest BCUT2D eigenvalue weighted by Gasteiger charge is 2.14. The number of carbonyl (C=O) groups excluding carboxylic acids is 1. The Morgan fingerprint density at radius 1 is 1.10 bits per heavy atom. The molecule has 1 aromatic heterocycles. The summed E-state index contributed by atoms with van der Waals surface area (Å²) in [6, 6.07) is 4.85. The molecule has 0 fully saturated rings. The van der Waals surface area contributed by atoms with Crippen molar-refractivity contribution < 1.29 is 9.18 Å². The molecule has 0 amide bonds. The van der Waals surface area contributed by atoms with E-state index in [1.807, 2.05) is 0 Å². The number of fused-ring (bicyclic) bond motifs is 1. The van der Waals surface area contributed by atoms with Gasteiger partial charge in [-0.05, 0) is 18.6 Å². The predicted octanol–water partition coefficient (Wildman–Crippen LogP) is 5.63. The van der Waals surface area contributed by atoms with Crippen molar-refractivity contribution in [3.8, 4) is 0 Å². The number of carbonyl (C=O) groups is 1. The molecule has 0 bridgehead atoms. The van der Waals surface area contributed by atoms with E-state index in [-0.39, 0.29) is 11.6 Å². The van der Waals surface area contributed by atoms with Crippen LogP contribution in [0.15, 0.2) is 24.4 Å². The van der Waals surface area contributed by atoms with E-state index in [9.17, 15) is 9.18 Å². The Balaban J connectivity index is 1.83. The Morgan fingerprint density at radius 2 is 1.81 bits per heavy atom. The Morgan fingerprint density at radius 3 is 2.57 bits per heavy atom. The Kier molecular flexibility index (Phi) is 5.97. The highest BCUT2D eigenvalue weighted by Crippen LogP contribution is 2.23. The molecule has 21 heavy (non-hydrogen) atoms. The fourth-order valence-electron chi connectivity index (χ4n) is 2.74. The molecule has 0 saturated heterocycles. The lowest BCUT2D eigenvalue weighted by Crippen LogP contribution is -1.98. The summed E-state index contributed by atoms with van der Waals surface area (Å²) in [5.41, 5.74) is 1.19. The molecule has 0 unspecified atom stereocenters. The van der Waals surface area contributed by atoms with Gasteiger partial charge in [0.1, 0.15) is 5.82 Å². The van der Waals surface area contributed by atoms with Crippen molar-refractivity contribution in [2.75, 3.05) is 0 Å². The lowest BCUT2D eigenvalue weighted by atomic mass is 10.0. The van der Waals surface area contributed by atoms with E-state index in [0.29, 0.717) is 22.9 Å². The molecule has 2 rings (SSSR count). The van der Waals surface area contributed by atoms with Crippen LogP contribution in [0.2, 0.25) is 0 Å². The van der Waals surface area contributed by atoms with Crippen LogP contribution in [0.5, 0.6) is 0 Å². The van der Waals surface area contributed by atoms with E-state index < -0.39 is 0 Å². The molecular weight excluding hydrogens is 265 g/mol. The second-order valence-electron chi connectivity index (χ2n) is 5.66. The van der Waals surface area contributed by atoms with Crippen LogP contribution in [0.4, 0.5) is 4.39 Å². The third-order valence-corrected chi connectivity index (χ3v) is 3.96. The van der Waals surface area contributed by atoms with Crippen LogP contribution in [0.1, 0.15) is 68.6 Å². The molecule has 1 heterocycles. The molecule has 2 nitrogen and oxygen atoms in total. The maximum atomic E-state index is 13.8. The molecule has 2 aromatic rings. The Bertz CT molecular complexity index is 588. The first-order valence-corrected chi connectivity index (χ1v) is 8.03. The van der Waals surface area contributed by atoms with Crippen molar-refractivity contribution in [1.82, 2.24) is 4.98 Å². The Labute approximate surface area is 125 Å². The van der Waals surface area contributed by atoms with Gasteiger partial charge in [-0.1, -0.05) is 51.5 Å². The molecular formula is C18H24FNO. The number of hydrogen-bond donors (Lipinski definition) is 1. The molecule has 0 aliphatic carbocycles. The summed E-state index contributed by atoms with van der Waals surface area (Å²) in [6.07, 6.45) is 10.4. The standard InChI is InChI=1S/C18H24FNO/c1-2-3-4-5-6-7-8-12-17(21)14-13-20-16-11-9-10-15(19)18(14)16/h9-11,13,20H,2-8,12H2,1H3. The van der Waals surface area contributed by atoms with Crippen molar-refractivity contribution in [3.63, 3.8) is 0 Å². The molecule has 0 spiro atoms. The zero-order chi connectivity index (χ0) is 15.1. The van der Waals surface area contributed by atoms with Crippen molar-refractivity contribution in [2.45, 2.75) is 58.3 Å². The normalized spacial score (nSPS) is 11.1. The summed E-state index contributed by atoms with van der Waals surface area (Å²) in [6.45, 7) is 2.21. The summed E-state index contributed by atoms with van der Waals surface area (Å²) in [4.78, 5) is 15.2. The average Bonchev–Trinajstić information content (AvgIpc) is 2.91. The van der Waals surface area contributed by atoms with E-state index >= 15 is 0 Å². The molecule has 1 N–H and O–H groups in total. The number of unbranched alkanes of at least 4 members (excludes halogenated alkanes) is 6. The lowest BCUT2D eigenvalue weighted by molar-refractivity contribution is 0.0980. The van der Waals surface area contributed by atoms with Gasteiger partial charge in [-0.25, -0.2) is 4.39 Å². The quantitative estimate of drug-likeness (QED) is 0.471. The number of rotatable bonds is 9. The smallest absolute Gasteiger partial charge is 0.165 e. The monoisotopic (exact) mass is 289 g/mol. The maximum absolute atomic E-state index is 13.8. The number of H-pyrrole nitrogens is 1. The summed E-state index contributed by atoms with van der Waals surface area (Å²) in [5, 5.41) is 0.436. The third kappa shape index (κ3) is 4.16. The number of benzene rings is 1. The average molecular weight is 289 g/mol. The van der Waals surface area contributed by atoms with Gasteiger partial charge in [0.2, 0.25) is 0 Å². The molecule has 0 radical (unpaired) electrons. The van der Waals surface area contributed by atoms with Crippen molar-refractivity contribution >= 4 is 16.7 Å². The van der Waals surface area contributed by atoms with Gasteiger partial charge in [0.25, 0.3) is 0 Å². The van der Waals surface area contributed by atoms with Crippen LogP contribution in [-0.2, 0) is 0 Å². The van der Waals surface area contributed by atoms with Gasteiger partial charge in [-0.15, -0.1) is 0 Å². The number of aromatic nitrogens is 1. The number of Topliss-reactive ketones (excluding diaryl/α,β-unsaturated/α-hetero) is 1. The van der Waals surface area contributed by atoms with Gasteiger partial charge in [0.15, 0.2) is 5.78 Å². The summed E-state index contributed by atoms with van der Waals surface area (Å²) in [5.74, 6) is -0.281. The van der Waals surface area contributed by atoms with Crippen molar-refractivity contribution in [1.29, 1.82) is 0 Å². The topological polar surface area (TPSA) is 32.9 Å². The Hall–Kier alpha value is -1.64. The fraction of sp³-hybridized carbons (Fsp3) is 0.500. The minimum absolute atomic E-state index is 0.0416. The molecule has 114 valence electrons. The van der Waals surface area contributed by atoms with E-state index in [2.05, 4.69) is 11.9 Å². The first-order chi connectivity index (χ1) is 10.2. The number of hydrogen-bond acceptors (Lipinski definition) is 1. The zero-order valence-corrected chi connectivity index (χ0v) is 12.8. The SMILES string of the molecule is CCCCCCCCCC(=O)c1c[nH]c2cccc(F)c12. The second-order valence-corrected chi connectivity index (χ2v) is 5.66. The minimum Gasteiger partial charge on any atom is -0.360 e. The van der Waals surface area contributed by atoms with Gasteiger partial charge < -0.3 is 4.98 Å². The van der Waals surface area contributed by atoms with Gasteiger partial charge in [0, 0.05) is 29.1 Å². The van der Waals surface area contributed by atoms with Gasteiger partial charge in [-0.2, -0.15) is 0 Å². The van der Waals surface area contributed by atoms with E-state index in [0.717, 1.165) is 12.8 Å². The van der Waals surface area contributed by atoms with Crippen LogP contribution >= 0.6 is 0 Å². The van der Waals surface area contributed by atoms with Crippen LogP contribution in [0.25, 0.3) is 10.9 Å². The van der Waals surface area contributed by atoms with E-state index in [1.165, 1.54) is 38.2 Å². The van der Waals surface area contributed by atoms with Crippen molar-refractivity contribution in [3.05, 3.63) is 35.8 Å².